The van der Waals surface area contributed by atoms with E-state index in [1.54, 1.807) is 7.11 Å². The second-order valence-electron chi connectivity index (χ2n) is 7.05. The molecule has 0 aliphatic carbocycles. The maximum Gasteiger partial charge on any atom is 0.313 e. The van der Waals surface area contributed by atoms with Gasteiger partial charge in [0.1, 0.15) is 12.4 Å². The minimum Gasteiger partial charge on any atom is -0.497 e. The van der Waals surface area contributed by atoms with Gasteiger partial charge in [0.05, 0.1) is 21.1 Å². The molecule has 3 nitrogen and oxygen atoms in total. The minimum absolute atomic E-state index is 0.202. The number of hydrogen-bond donors (Lipinski definition) is 0. The monoisotopic (exact) mass is 342 g/mol. The topological polar surface area (TPSA) is 35.5 Å². The summed E-state index contributed by atoms with van der Waals surface area (Å²) in [6, 6.07) is 15.9. The van der Waals surface area contributed by atoms with Gasteiger partial charge in [0.25, 0.3) is 0 Å². The Bertz CT molecular complexity index is 670. The van der Waals surface area contributed by atoms with Gasteiger partial charge in [0, 0.05) is 0 Å². The number of carbonyl (C=O) groups is 1. The van der Waals surface area contributed by atoms with E-state index in [2.05, 4.69) is 31.8 Å². The molecule has 0 heterocycles. The normalized spacial score (nSPS) is 12.5. The van der Waals surface area contributed by atoms with E-state index in [1.165, 1.54) is 5.19 Å². The fourth-order valence-electron chi connectivity index (χ4n) is 2.41. The number of carbonyl (C=O) groups excluding carboxylic acids is 1. The van der Waals surface area contributed by atoms with E-state index in [9.17, 15) is 4.79 Å². The maximum absolute atomic E-state index is 12.3. The van der Waals surface area contributed by atoms with Crippen LogP contribution in [0.25, 0.3) is 0 Å². The van der Waals surface area contributed by atoms with Crippen molar-refractivity contribution in [2.75, 3.05) is 7.11 Å². The lowest BCUT2D eigenvalue weighted by Gasteiger charge is -2.18. The molecule has 0 saturated heterocycles. The van der Waals surface area contributed by atoms with Crippen LogP contribution in [0.2, 0.25) is 19.6 Å². The Morgan fingerprint density at radius 1 is 1.00 bits per heavy atom. The molecule has 0 unspecified atom stereocenters. The molecule has 0 radical (unpaired) electrons. The summed E-state index contributed by atoms with van der Waals surface area (Å²) in [5.41, 5.74) is 1.95. The van der Waals surface area contributed by atoms with Crippen molar-refractivity contribution in [3.8, 4) is 5.75 Å². The first-order chi connectivity index (χ1) is 11.3. The Balaban J connectivity index is 1.96. The van der Waals surface area contributed by atoms with Crippen molar-refractivity contribution >= 4 is 19.2 Å². The third-order valence-corrected chi connectivity index (χ3v) is 6.24. The van der Waals surface area contributed by atoms with Crippen LogP contribution in [-0.2, 0) is 16.1 Å². The van der Waals surface area contributed by atoms with Crippen LogP contribution in [0.5, 0.6) is 5.75 Å². The number of ether oxygens (including phenoxy) is 2. The molecule has 0 aromatic heterocycles. The summed E-state index contributed by atoms with van der Waals surface area (Å²) < 4.78 is 10.6. The van der Waals surface area contributed by atoms with Gasteiger partial charge in [-0.1, -0.05) is 61.2 Å². The number of rotatable bonds is 6. The van der Waals surface area contributed by atoms with Crippen LogP contribution in [0, 0.1) is 0 Å². The summed E-state index contributed by atoms with van der Waals surface area (Å²) >= 11 is 0. The van der Waals surface area contributed by atoms with Crippen LogP contribution in [0.15, 0.2) is 48.5 Å². The van der Waals surface area contributed by atoms with Crippen molar-refractivity contribution < 1.29 is 14.3 Å². The average molecular weight is 343 g/mol. The Hall–Kier alpha value is -2.07. The third kappa shape index (κ3) is 4.71. The van der Waals surface area contributed by atoms with Gasteiger partial charge < -0.3 is 9.47 Å². The molecule has 0 aliphatic rings. The Morgan fingerprint density at radius 3 is 2.08 bits per heavy atom. The number of benzene rings is 2. The lowest BCUT2D eigenvalue weighted by molar-refractivity contribution is -0.146. The second-order valence-corrected chi connectivity index (χ2v) is 12.1. The molecule has 0 saturated carbocycles. The molecule has 0 fully saturated rings. The molecule has 2 aromatic rings. The van der Waals surface area contributed by atoms with Crippen molar-refractivity contribution in [2.24, 2.45) is 0 Å². The van der Waals surface area contributed by atoms with E-state index >= 15 is 0 Å². The smallest absolute Gasteiger partial charge is 0.313 e. The molecule has 0 amide bonds. The van der Waals surface area contributed by atoms with E-state index in [0.717, 1.165) is 16.9 Å². The summed E-state index contributed by atoms with van der Waals surface area (Å²) in [5.74, 6) is 0.325. The van der Waals surface area contributed by atoms with Crippen LogP contribution in [-0.4, -0.2) is 21.2 Å². The van der Waals surface area contributed by atoms with Gasteiger partial charge in [-0.3, -0.25) is 4.79 Å². The highest BCUT2D eigenvalue weighted by molar-refractivity contribution is 6.88. The summed E-state index contributed by atoms with van der Waals surface area (Å²) in [6.45, 7) is 9.11. The predicted molar refractivity (Wildman–Crippen MR) is 101 cm³/mol. The molecule has 0 bridgehead atoms. The summed E-state index contributed by atoms with van der Waals surface area (Å²) in [5, 5.41) is 1.39. The van der Waals surface area contributed by atoms with E-state index in [4.69, 9.17) is 9.47 Å². The highest BCUT2D eigenvalue weighted by atomic mass is 28.3. The van der Waals surface area contributed by atoms with Crippen LogP contribution >= 0.6 is 0 Å². The van der Waals surface area contributed by atoms with Gasteiger partial charge in [-0.25, -0.2) is 0 Å². The van der Waals surface area contributed by atoms with Crippen LogP contribution < -0.4 is 9.92 Å². The van der Waals surface area contributed by atoms with Crippen LogP contribution in [0.3, 0.4) is 0 Å². The zero-order valence-corrected chi connectivity index (χ0v) is 16.1. The first kappa shape index (κ1) is 18.3. The predicted octanol–water partition coefficient (Wildman–Crippen LogP) is 4.09. The molecule has 24 heavy (non-hydrogen) atoms. The van der Waals surface area contributed by atoms with E-state index in [1.807, 2.05) is 43.3 Å². The van der Waals surface area contributed by atoms with Crippen molar-refractivity contribution in [1.29, 1.82) is 0 Å². The second kappa shape index (κ2) is 7.66. The summed E-state index contributed by atoms with van der Waals surface area (Å²) in [6.07, 6.45) is 0. The molecule has 128 valence electrons. The van der Waals surface area contributed by atoms with Gasteiger partial charge in [-0.2, -0.15) is 0 Å². The lowest BCUT2D eigenvalue weighted by atomic mass is 10.0. The van der Waals surface area contributed by atoms with E-state index < -0.39 is 8.07 Å². The Kier molecular flexibility index (Phi) is 5.83. The standard InChI is InChI=1S/C20H26O3Si/c1-15(17-8-12-19(13-9-17)24(3,4)5)20(21)23-14-16-6-10-18(22-2)11-7-16/h6-13,15H,14H2,1-5H3/t15-/m0/s1. The van der Waals surface area contributed by atoms with E-state index in [-0.39, 0.29) is 18.5 Å². The Morgan fingerprint density at radius 2 is 1.58 bits per heavy atom. The molecule has 2 aromatic carbocycles. The van der Waals surface area contributed by atoms with Crippen molar-refractivity contribution in [3.05, 3.63) is 59.7 Å². The van der Waals surface area contributed by atoms with Gasteiger partial charge in [0.15, 0.2) is 0 Å². The van der Waals surface area contributed by atoms with Gasteiger partial charge in [-0.15, -0.1) is 0 Å². The molecule has 0 aliphatic heterocycles. The highest BCUT2D eigenvalue weighted by Gasteiger charge is 2.19. The van der Waals surface area contributed by atoms with Crippen LogP contribution in [0.4, 0.5) is 0 Å². The zero-order valence-electron chi connectivity index (χ0n) is 15.1. The van der Waals surface area contributed by atoms with Crippen molar-refractivity contribution in [3.63, 3.8) is 0 Å². The van der Waals surface area contributed by atoms with Gasteiger partial charge >= 0.3 is 5.97 Å². The minimum atomic E-state index is -1.31. The maximum atomic E-state index is 12.3. The van der Waals surface area contributed by atoms with Gasteiger partial charge in [-0.05, 0) is 30.2 Å². The lowest BCUT2D eigenvalue weighted by Crippen LogP contribution is -2.37. The molecule has 0 spiro atoms. The summed E-state index contributed by atoms with van der Waals surface area (Å²) in [4.78, 5) is 12.3. The van der Waals surface area contributed by atoms with Crippen molar-refractivity contribution in [2.45, 2.75) is 39.1 Å². The Labute approximate surface area is 145 Å². The first-order valence-corrected chi connectivity index (χ1v) is 11.7. The van der Waals surface area contributed by atoms with E-state index in [0.29, 0.717) is 0 Å². The zero-order chi connectivity index (χ0) is 17.7. The number of esters is 1. The molecule has 0 N–H and O–H groups in total. The molecular weight excluding hydrogens is 316 g/mol. The van der Waals surface area contributed by atoms with Gasteiger partial charge in [0.2, 0.25) is 0 Å². The number of hydrogen-bond acceptors (Lipinski definition) is 3. The average Bonchev–Trinajstić information content (AvgIpc) is 2.58. The third-order valence-electron chi connectivity index (χ3n) is 4.17. The SMILES string of the molecule is COc1ccc(COC(=O)[C@@H](C)c2ccc([Si](C)(C)C)cc2)cc1. The number of methoxy groups -OCH3 is 1. The molecular formula is C20H26O3Si. The fourth-order valence-corrected chi connectivity index (χ4v) is 3.58. The molecule has 4 heteroatoms. The first-order valence-electron chi connectivity index (χ1n) is 8.21. The molecule has 1 atom stereocenters. The summed E-state index contributed by atoms with van der Waals surface area (Å²) in [7, 11) is 0.317. The van der Waals surface area contributed by atoms with Crippen molar-refractivity contribution in [1.82, 2.24) is 0 Å². The highest BCUT2D eigenvalue weighted by Crippen LogP contribution is 2.18. The fraction of sp³-hybridized carbons (Fsp3) is 0.350. The van der Waals surface area contributed by atoms with Crippen LogP contribution in [0.1, 0.15) is 24.0 Å². The quantitative estimate of drug-likeness (QED) is 0.586. The largest absolute Gasteiger partial charge is 0.497 e. The molecule has 2 rings (SSSR count).